The first kappa shape index (κ1) is 16.6. The minimum atomic E-state index is -3.34. The summed E-state index contributed by atoms with van der Waals surface area (Å²) >= 11 is 1.35. The molecule has 1 N–H and O–H groups in total. The summed E-state index contributed by atoms with van der Waals surface area (Å²) < 4.78 is 26.9. The highest BCUT2D eigenvalue weighted by Crippen LogP contribution is 2.26. The Kier molecular flexibility index (Phi) is 6.46. The maximum Gasteiger partial charge on any atom is 0.252 e. The summed E-state index contributed by atoms with van der Waals surface area (Å²) in [5.74, 6) is 0. The molecule has 0 atom stereocenters. The summed E-state index contributed by atoms with van der Waals surface area (Å²) in [6.07, 6.45) is 1.67. The second-order valence-electron chi connectivity index (χ2n) is 4.49. The number of nitrogens with one attached hydrogen (secondary N) is 1. The number of sulfonamides is 1. The molecule has 0 aliphatic rings. The third kappa shape index (κ3) is 4.02. The van der Waals surface area contributed by atoms with Crippen molar-refractivity contribution in [1.29, 1.82) is 0 Å². The topological polar surface area (TPSA) is 49.4 Å². The fraction of sp³-hybridized carbons (Fsp3) is 0.692. The SMILES string of the molecule is CCNCc1ccc(S(=O)(=O)N(C)C(CC)CC)s1. The van der Waals surface area contributed by atoms with Crippen LogP contribution in [0.1, 0.15) is 38.5 Å². The van der Waals surface area contributed by atoms with Gasteiger partial charge in [0.2, 0.25) is 0 Å². The third-order valence-corrected chi connectivity index (χ3v) is 6.74. The van der Waals surface area contributed by atoms with Gasteiger partial charge in [-0.3, -0.25) is 0 Å². The highest BCUT2D eigenvalue weighted by molar-refractivity contribution is 7.91. The van der Waals surface area contributed by atoms with Crippen molar-refractivity contribution in [3.8, 4) is 0 Å². The Morgan fingerprint density at radius 3 is 2.42 bits per heavy atom. The van der Waals surface area contributed by atoms with Crippen LogP contribution >= 0.6 is 11.3 Å². The van der Waals surface area contributed by atoms with Crippen molar-refractivity contribution in [2.75, 3.05) is 13.6 Å². The van der Waals surface area contributed by atoms with Gasteiger partial charge in [0, 0.05) is 24.5 Å². The lowest BCUT2D eigenvalue weighted by molar-refractivity contribution is 0.350. The molecule has 6 heteroatoms. The molecule has 0 saturated heterocycles. The molecule has 0 unspecified atom stereocenters. The van der Waals surface area contributed by atoms with E-state index in [-0.39, 0.29) is 6.04 Å². The third-order valence-electron chi connectivity index (χ3n) is 3.28. The predicted octanol–water partition coefficient (Wildman–Crippen LogP) is 2.67. The van der Waals surface area contributed by atoms with Gasteiger partial charge in [-0.25, -0.2) is 8.42 Å². The van der Waals surface area contributed by atoms with E-state index in [1.807, 2.05) is 26.8 Å². The average Bonchev–Trinajstić information content (AvgIpc) is 2.87. The number of hydrogen-bond acceptors (Lipinski definition) is 4. The lowest BCUT2D eigenvalue weighted by Gasteiger charge is -2.24. The summed E-state index contributed by atoms with van der Waals surface area (Å²) in [6.45, 7) is 7.68. The van der Waals surface area contributed by atoms with Crippen LogP contribution in [-0.4, -0.2) is 32.4 Å². The summed E-state index contributed by atoms with van der Waals surface area (Å²) in [4.78, 5) is 1.05. The van der Waals surface area contributed by atoms with Crippen molar-refractivity contribution in [2.24, 2.45) is 0 Å². The summed E-state index contributed by atoms with van der Waals surface area (Å²) in [7, 11) is -1.67. The largest absolute Gasteiger partial charge is 0.312 e. The zero-order valence-corrected chi connectivity index (χ0v) is 13.8. The van der Waals surface area contributed by atoms with Gasteiger partial charge in [-0.2, -0.15) is 4.31 Å². The second kappa shape index (κ2) is 7.38. The van der Waals surface area contributed by atoms with Crippen molar-refractivity contribution >= 4 is 21.4 Å². The van der Waals surface area contributed by atoms with Crippen LogP contribution in [0.2, 0.25) is 0 Å². The van der Waals surface area contributed by atoms with Crippen molar-refractivity contribution in [3.05, 3.63) is 17.0 Å². The van der Waals surface area contributed by atoms with Gasteiger partial charge in [-0.05, 0) is 31.5 Å². The molecule has 0 aromatic carbocycles. The number of thiophene rings is 1. The van der Waals surface area contributed by atoms with Gasteiger partial charge in [-0.15, -0.1) is 11.3 Å². The molecular formula is C13H24N2O2S2. The lowest BCUT2D eigenvalue weighted by atomic mass is 10.2. The Labute approximate surface area is 120 Å². The maximum atomic E-state index is 12.5. The van der Waals surface area contributed by atoms with Crippen LogP contribution in [0, 0.1) is 0 Å². The standard InChI is InChI=1S/C13H24N2O2S2/c1-5-11(6-2)15(4)19(16,17)13-9-8-12(18-13)10-14-7-3/h8-9,11,14H,5-7,10H2,1-4H3. The molecule has 4 nitrogen and oxygen atoms in total. The fourth-order valence-electron chi connectivity index (χ4n) is 1.98. The molecule has 0 radical (unpaired) electrons. The van der Waals surface area contributed by atoms with E-state index in [1.54, 1.807) is 13.1 Å². The van der Waals surface area contributed by atoms with Gasteiger partial charge in [0.25, 0.3) is 10.0 Å². The highest BCUT2D eigenvalue weighted by Gasteiger charge is 2.27. The minimum absolute atomic E-state index is 0.0734. The zero-order chi connectivity index (χ0) is 14.5. The number of nitrogens with zero attached hydrogens (tertiary/aromatic N) is 1. The van der Waals surface area contributed by atoms with Crippen LogP contribution in [0.3, 0.4) is 0 Å². The minimum Gasteiger partial charge on any atom is -0.312 e. The molecule has 1 heterocycles. The van der Waals surface area contributed by atoms with E-state index in [0.29, 0.717) is 4.21 Å². The molecule has 0 amide bonds. The van der Waals surface area contributed by atoms with E-state index in [9.17, 15) is 8.42 Å². The van der Waals surface area contributed by atoms with Crippen LogP contribution in [0.25, 0.3) is 0 Å². The Morgan fingerprint density at radius 1 is 1.26 bits per heavy atom. The molecular weight excluding hydrogens is 280 g/mol. The Hall–Kier alpha value is -0.430. The number of hydrogen-bond donors (Lipinski definition) is 1. The maximum absolute atomic E-state index is 12.5. The fourth-order valence-corrected chi connectivity index (χ4v) is 5.00. The smallest absolute Gasteiger partial charge is 0.252 e. The van der Waals surface area contributed by atoms with Gasteiger partial charge in [0.05, 0.1) is 0 Å². The van der Waals surface area contributed by atoms with E-state index in [1.165, 1.54) is 15.6 Å². The first-order chi connectivity index (χ1) is 8.97. The van der Waals surface area contributed by atoms with Crippen molar-refractivity contribution in [2.45, 2.75) is 50.4 Å². The summed E-state index contributed by atoms with van der Waals surface area (Å²) in [6, 6.07) is 3.68. The molecule has 0 aliphatic heterocycles. The molecule has 1 aromatic heterocycles. The molecule has 0 bridgehead atoms. The molecule has 1 aromatic rings. The molecule has 0 fully saturated rings. The van der Waals surface area contributed by atoms with E-state index >= 15 is 0 Å². The first-order valence-electron chi connectivity index (χ1n) is 6.74. The average molecular weight is 304 g/mol. The van der Waals surface area contributed by atoms with Gasteiger partial charge in [-0.1, -0.05) is 20.8 Å². The zero-order valence-electron chi connectivity index (χ0n) is 12.1. The van der Waals surface area contributed by atoms with E-state index in [0.717, 1.165) is 30.8 Å². The Morgan fingerprint density at radius 2 is 1.89 bits per heavy atom. The second-order valence-corrected chi connectivity index (χ2v) is 7.89. The Balaban J connectivity index is 2.90. The van der Waals surface area contributed by atoms with Gasteiger partial charge < -0.3 is 5.32 Å². The normalized spacial score (nSPS) is 12.5. The molecule has 0 saturated carbocycles. The molecule has 0 spiro atoms. The first-order valence-corrected chi connectivity index (χ1v) is 9.00. The van der Waals surface area contributed by atoms with E-state index in [2.05, 4.69) is 5.32 Å². The van der Waals surface area contributed by atoms with Crippen molar-refractivity contribution in [3.63, 3.8) is 0 Å². The van der Waals surface area contributed by atoms with Crippen molar-refractivity contribution in [1.82, 2.24) is 9.62 Å². The lowest BCUT2D eigenvalue weighted by Crippen LogP contribution is -2.35. The van der Waals surface area contributed by atoms with Crippen LogP contribution in [-0.2, 0) is 16.6 Å². The quantitative estimate of drug-likeness (QED) is 0.803. The molecule has 0 aliphatic carbocycles. The van der Waals surface area contributed by atoms with Crippen LogP contribution < -0.4 is 5.32 Å². The molecule has 1 rings (SSSR count). The Bertz CT molecular complexity index is 479. The molecule has 19 heavy (non-hydrogen) atoms. The van der Waals surface area contributed by atoms with E-state index < -0.39 is 10.0 Å². The molecule has 110 valence electrons. The van der Waals surface area contributed by atoms with Crippen molar-refractivity contribution < 1.29 is 8.42 Å². The van der Waals surface area contributed by atoms with Crippen LogP contribution in [0.15, 0.2) is 16.3 Å². The van der Waals surface area contributed by atoms with Gasteiger partial charge in [0.1, 0.15) is 4.21 Å². The summed E-state index contributed by atoms with van der Waals surface area (Å²) in [5, 5.41) is 3.21. The van der Waals surface area contributed by atoms with Crippen LogP contribution in [0.4, 0.5) is 0 Å². The number of rotatable bonds is 8. The predicted molar refractivity (Wildman–Crippen MR) is 81.0 cm³/mol. The summed E-state index contributed by atoms with van der Waals surface area (Å²) in [5.41, 5.74) is 0. The van der Waals surface area contributed by atoms with Gasteiger partial charge >= 0.3 is 0 Å². The highest BCUT2D eigenvalue weighted by atomic mass is 32.2. The van der Waals surface area contributed by atoms with E-state index in [4.69, 9.17) is 0 Å². The monoisotopic (exact) mass is 304 g/mol. The van der Waals surface area contributed by atoms with Gasteiger partial charge in [0.15, 0.2) is 0 Å². The van der Waals surface area contributed by atoms with Crippen LogP contribution in [0.5, 0.6) is 0 Å².